The third-order valence-electron chi connectivity index (χ3n) is 22.7. The number of para-hydroxylation sites is 2. The number of anilines is 2. The third-order valence-corrected chi connectivity index (χ3v) is 22.7. The molecule has 0 amide bonds. The van der Waals surface area contributed by atoms with Crippen molar-refractivity contribution in [2.24, 2.45) is 0 Å². The van der Waals surface area contributed by atoms with Crippen LogP contribution in [-0.4, -0.2) is 42.7 Å². The molecule has 4 aliphatic rings. The van der Waals surface area contributed by atoms with E-state index in [-0.39, 0.29) is 40.2 Å². The molecule has 0 unspecified atom stereocenters. The summed E-state index contributed by atoms with van der Waals surface area (Å²) >= 11 is 0. The topological polar surface area (TPSA) is 47.6 Å². The fraction of sp³-hybridized carbons (Fsp3) is 0.137. The molecule has 8 heterocycles. The number of fused-ring (bicyclic) bond motifs is 32. The van der Waals surface area contributed by atoms with E-state index < -0.39 is 0 Å². The molecule has 8 nitrogen and oxygen atoms in total. The minimum absolute atomic E-state index is 0. The Bertz CT molecular complexity index is 6660. The summed E-state index contributed by atoms with van der Waals surface area (Å²) in [6, 6.07) is 105. The molecule has 0 spiro atoms. The Morgan fingerprint density at radius 1 is 0.312 bits per heavy atom. The molecule has 0 bridgehead atoms. The summed E-state index contributed by atoms with van der Waals surface area (Å²) in [5.41, 5.74) is 27.1. The van der Waals surface area contributed by atoms with Gasteiger partial charge < -0.3 is 28.4 Å². The van der Waals surface area contributed by atoms with Crippen LogP contribution in [0, 0.1) is 37.6 Å². The van der Waals surface area contributed by atoms with Gasteiger partial charge in [-0.05, 0) is 150 Å². The first kappa shape index (κ1) is 73.3. The average Bonchev–Trinajstić information content (AvgIpc) is 1.24. The maximum atomic E-state index is 5.05. The van der Waals surface area contributed by atoms with Crippen LogP contribution in [-0.2, 0) is 40.2 Å². The van der Waals surface area contributed by atoms with Gasteiger partial charge in [0.2, 0.25) is 0 Å². The summed E-state index contributed by atoms with van der Waals surface area (Å²) in [5, 5.41) is 17.2. The van der Waals surface area contributed by atoms with E-state index in [0.29, 0.717) is 23.7 Å². The van der Waals surface area contributed by atoms with Crippen LogP contribution in [0.1, 0.15) is 112 Å². The van der Waals surface area contributed by atoms with Crippen LogP contribution >= 0.6 is 0 Å². The molecule has 22 rings (SSSR count). The summed E-state index contributed by atoms with van der Waals surface area (Å²) in [4.78, 5) is 18.7. The summed E-state index contributed by atoms with van der Waals surface area (Å²) in [6.45, 7) is 22.5. The van der Waals surface area contributed by atoms with Crippen molar-refractivity contribution in [2.75, 3.05) is 23.9 Å². The zero-order valence-corrected chi connectivity index (χ0v) is 69.1. The molecule has 0 aliphatic carbocycles. The maximum absolute atomic E-state index is 5.05. The number of hydrogen-bond acceptors (Lipinski definition) is 6. The van der Waals surface area contributed by atoms with E-state index in [9.17, 15) is 0 Å². The van der Waals surface area contributed by atoms with E-state index in [4.69, 9.17) is 9.97 Å². The molecule has 10 heteroatoms. The van der Waals surface area contributed by atoms with Gasteiger partial charge in [0.15, 0.2) is 0 Å². The van der Waals surface area contributed by atoms with Gasteiger partial charge in [-0.3, -0.25) is 9.97 Å². The van der Waals surface area contributed by atoms with Crippen LogP contribution in [0.5, 0.6) is 0 Å². The monoisotopic (exact) mass is 1800 g/mol. The summed E-state index contributed by atoms with van der Waals surface area (Å²) < 4.78 is 4.78. The largest absolute Gasteiger partial charge is 3.00 e. The molecule has 0 N–H and O–H groups in total. The smallest absolute Gasteiger partial charge is 0.510 e. The Balaban J connectivity index is 0.000000113. The number of hydrogen-bond donors (Lipinski definition) is 0. The molecule has 18 aromatic rings. The van der Waals surface area contributed by atoms with Crippen molar-refractivity contribution in [3.63, 3.8) is 0 Å². The second-order valence-electron chi connectivity index (χ2n) is 30.7. The van der Waals surface area contributed by atoms with Crippen molar-refractivity contribution in [1.29, 1.82) is 0 Å². The average molecular weight is 1800 g/mol. The minimum Gasteiger partial charge on any atom is -0.510 e. The molecule has 0 saturated heterocycles. The van der Waals surface area contributed by atoms with E-state index in [1.54, 1.807) is 0 Å². The summed E-state index contributed by atoms with van der Waals surface area (Å²) in [7, 11) is 4.10. The normalized spacial score (nSPS) is 13.2. The van der Waals surface area contributed by atoms with Crippen LogP contribution in [0.25, 0.3) is 154 Å². The maximum Gasteiger partial charge on any atom is 3.00 e. The number of benzene rings is 14. The van der Waals surface area contributed by atoms with Gasteiger partial charge in [0, 0.05) is 45.9 Å². The number of imidazole rings is 2. The Kier molecular flexibility index (Phi) is 19.4. The van der Waals surface area contributed by atoms with Gasteiger partial charge in [-0.2, -0.15) is 61.9 Å². The summed E-state index contributed by atoms with van der Waals surface area (Å²) in [5.74, 6) is 1.62. The van der Waals surface area contributed by atoms with Gasteiger partial charge in [-0.15, -0.1) is 70.4 Å². The van der Waals surface area contributed by atoms with E-state index in [0.717, 1.165) is 44.8 Å². The molecule has 0 atom stereocenters. The molecule has 14 aromatic carbocycles. The molecule has 548 valence electrons. The second-order valence-corrected chi connectivity index (χ2v) is 30.7. The third kappa shape index (κ3) is 12.1. The van der Waals surface area contributed by atoms with Gasteiger partial charge in [-0.25, -0.2) is 0 Å². The molecular formula is C102H82Ir2N8. The van der Waals surface area contributed by atoms with Gasteiger partial charge in [0.1, 0.15) is 0 Å². The van der Waals surface area contributed by atoms with Gasteiger partial charge in [0.05, 0.1) is 22.7 Å². The predicted molar refractivity (Wildman–Crippen MR) is 462 cm³/mol. The second kappa shape index (κ2) is 29.6. The Morgan fingerprint density at radius 3 is 1.20 bits per heavy atom. The standard InChI is InChI=1S/2C35H29N2.2C16H12N2.2Ir/c1-21(2)25-14-9-15-26(22(3)4)33(25)31-20-36-35-29-13-8-7-12-28(29)34-30(37(31)35)19-18-24-17-16-23-10-5-6-11-27(23)32(24)34;1-21(2)24-14-9-15-25(22(3)4)33(24)32-20-36-35-30-13-8-7-12-28(30)34-29-17-16-23-10-5-6-11-26(23)27(29)18-19-31(34)37(32)35;2*1-17-10-16-14-8-3-2-6-12(14)13-7-4-5-9-15(13)18(16)11-17;;/h2*5-12,14-22H,1-4H3;2*2-8,10-11H,1H3;;/q2*-1;2*-2;2*+3. The molecule has 4 aromatic heterocycles. The van der Waals surface area contributed by atoms with Crippen molar-refractivity contribution in [3.05, 3.63) is 351 Å². The molecular weight excluding hydrogens is 1720 g/mol. The number of pyridine rings is 2. The Labute approximate surface area is 682 Å². The number of nitrogens with zero attached hydrogens (tertiary/aromatic N) is 8. The quantitative estimate of drug-likeness (QED) is 0.122. The number of rotatable bonds is 6. The van der Waals surface area contributed by atoms with E-state index in [2.05, 4.69) is 379 Å². The van der Waals surface area contributed by atoms with Crippen molar-refractivity contribution in [2.45, 2.75) is 79.1 Å². The van der Waals surface area contributed by atoms with Crippen LogP contribution in [0.4, 0.5) is 11.4 Å². The Hall–Kier alpha value is -11.5. The van der Waals surface area contributed by atoms with Crippen molar-refractivity contribution < 1.29 is 40.2 Å². The van der Waals surface area contributed by atoms with Gasteiger partial charge in [0.25, 0.3) is 0 Å². The molecule has 112 heavy (non-hydrogen) atoms. The van der Waals surface area contributed by atoms with Crippen molar-refractivity contribution in [1.82, 2.24) is 28.6 Å². The predicted octanol–water partition coefficient (Wildman–Crippen LogP) is 26.0. The van der Waals surface area contributed by atoms with Gasteiger partial charge >= 0.3 is 40.2 Å². The van der Waals surface area contributed by atoms with E-state index in [1.165, 1.54) is 154 Å². The van der Waals surface area contributed by atoms with E-state index >= 15 is 0 Å². The van der Waals surface area contributed by atoms with E-state index in [1.807, 2.05) is 36.4 Å². The summed E-state index contributed by atoms with van der Waals surface area (Å²) in [6.07, 6.45) is 8.47. The SMILES string of the molecule is CC(C)c1cccc(C(C)C)c1-c1cnc2c3[c-]cccc3c3c4c(ccc5ccccc54)ccc3n12.CC(C)c1cccc(C(C)C)c1-c1cnc2c3[c-]cccc3c3c4ccc5ccccc5c4ccc3n12.CN1C=C2c3ccccc3-c3ccc[c-]c3N2[CH-]1.CN1C=C2c3ccccc3-c3ccc[c-]c3N2[CH-]1.[Ir+3].[Ir+3]. The molecule has 0 saturated carbocycles. The van der Waals surface area contributed by atoms with Crippen LogP contribution in [0.3, 0.4) is 0 Å². The fourth-order valence-electron chi connectivity index (χ4n) is 17.7. The van der Waals surface area contributed by atoms with Gasteiger partial charge in [-0.1, -0.05) is 259 Å². The first-order chi connectivity index (χ1) is 53.8. The molecule has 4 aliphatic heterocycles. The molecule has 0 radical (unpaired) electrons. The van der Waals surface area contributed by atoms with Crippen LogP contribution < -0.4 is 9.80 Å². The van der Waals surface area contributed by atoms with Crippen LogP contribution in [0.15, 0.2) is 280 Å². The first-order valence-corrected chi connectivity index (χ1v) is 38.5. The number of aromatic nitrogens is 4. The van der Waals surface area contributed by atoms with Crippen LogP contribution in [0.2, 0.25) is 0 Å². The minimum atomic E-state index is 0. The fourth-order valence-corrected chi connectivity index (χ4v) is 17.7. The zero-order valence-electron chi connectivity index (χ0n) is 64.3. The van der Waals surface area contributed by atoms with Crippen molar-refractivity contribution in [3.8, 4) is 44.8 Å². The molecule has 0 fully saturated rings. The first-order valence-electron chi connectivity index (χ1n) is 38.5. The zero-order chi connectivity index (χ0) is 74.7. The Morgan fingerprint density at radius 2 is 0.688 bits per heavy atom. The van der Waals surface area contributed by atoms with Crippen molar-refractivity contribution >= 4 is 121 Å².